The molecule has 2 aliphatic rings. The number of benzene rings is 1. The van der Waals surface area contributed by atoms with Gasteiger partial charge in [0.25, 0.3) is 0 Å². The fraction of sp³-hybridized carbons (Fsp3) is 0.571. The molecule has 0 bridgehead atoms. The second kappa shape index (κ2) is 4.05. The molecule has 3 rings (SSSR count). The first-order chi connectivity index (χ1) is 7.74. The van der Waals surface area contributed by atoms with Crippen LogP contribution in [-0.2, 0) is 0 Å². The quantitative estimate of drug-likeness (QED) is 0.842. The average Bonchev–Trinajstić information content (AvgIpc) is 3.13. The first-order valence-corrected chi connectivity index (χ1v) is 6.61. The Balaban J connectivity index is 1.59. The van der Waals surface area contributed by atoms with E-state index in [4.69, 9.17) is 11.6 Å². The molecule has 1 aromatic carbocycles. The zero-order chi connectivity index (χ0) is 11.1. The molecule has 2 atom stereocenters. The van der Waals surface area contributed by atoms with Gasteiger partial charge in [0.1, 0.15) is 0 Å². The van der Waals surface area contributed by atoms with Crippen LogP contribution in [0.3, 0.4) is 0 Å². The van der Waals surface area contributed by atoms with Gasteiger partial charge in [-0.1, -0.05) is 23.7 Å². The monoisotopic (exact) mass is 235 g/mol. The van der Waals surface area contributed by atoms with Gasteiger partial charge in [-0.05, 0) is 61.8 Å². The van der Waals surface area contributed by atoms with E-state index in [1.807, 2.05) is 0 Å². The highest BCUT2D eigenvalue weighted by Gasteiger charge is 2.38. The van der Waals surface area contributed by atoms with E-state index in [0.29, 0.717) is 0 Å². The lowest BCUT2D eigenvalue weighted by atomic mass is 10.1. The van der Waals surface area contributed by atoms with Crippen molar-refractivity contribution in [2.24, 2.45) is 5.92 Å². The summed E-state index contributed by atoms with van der Waals surface area (Å²) in [5.41, 5.74) is 2.61. The van der Waals surface area contributed by atoms with Gasteiger partial charge >= 0.3 is 0 Å². The van der Waals surface area contributed by atoms with Gasteiger partial charge in [-0.2, -0.15) is 0 Å². The normalized spacial score (nSPS) is 28.1. The molecular formula is C14H18ClN. The molecule has 0 saturated heterocycles. The number of rotatable bonds is 4. The largest absolute Gasteiger partial charge is 0.314 e. The molecule has 2 heteroatoms. The molecule has 0 spiro atoms. The van der Waals surface area contributed by atoms with Gasteiger partial charge in [0.2, 0.25) is 0 Å². The number of aryl methyl sites for hydroxylation is 1. The molecule has 0 heterocycles. The summed E-state index contributed by atoms with van der Waals surface area (Å²) >= 11 is 6.16. The van der Waals surface area contributed by atoms with Crippen molar-refractivity contribution < 1.29 is 0 Å². The maximum absolute atomic E-state index is 6.16. The van der Waals surface area contributed by atoms with Crippen LogP contribution in [0.2, 0.25) is 5.02 Å². The minimum absolute atomic E-state index is 0.754. The number of halogens is 1. The lowest BCUT2D eigenvalue weighted by Crippen LogP contribution is -2.19. The molecule has 1 nitrogen and oxygen atoms in total. The van der Waals surface area contributed by atoms with Crippen LogP contribution in [0.4, 0.5) is 0 Å². The highest BCUT2D eigenvalue weighted by atomic mass is 35.5. The van der Waals surface area contributed by atoms with Gasteiger partial charge in [0.05, 0.1) is 0 Å². The van der Waals surface area contributed by atoms with E-state index >= 15 is 0 Å². The number of nitrogens with one attached hydrogen (secondary N) is 1. The van der Waals surface area contributed by atoms with Crippen LogP contribution in [0.25, 0.3) is 0 Å². The van der Waals surface area contributed by atoms with Gasteiger partial charge in [0.15, 0.2) is 0 Å². The van der Waals surface area contributed by atoms with Crippen LogP contribution in [0.1, 0.15) is 36.3 Å². The van der Waals surface area contributed by atoms with Gasteiger partial charge in [-0.25, -0.2) is 0 Å². The summed E-state index contributed by atoms with van der Waals surface area (Å²) in [6.45, 7) is 3.26. The Morgan fingerprint density at radius 2 is 2.19 bits per heavy atom. The minimum Gasteiger partial charge on any atom is -0.314 e. The Morgan fingerprint density at radius 3 is 2.88 bits per heavy atom. The SMILES string of the molecule is Cc1ccc(C2CC2CNC2CC2)cc1Cl. The fourth-order valence-electron chi connectivity index (χ4n) is 2.33. The highest BCUT2D eigenvalue weighted by Crippen LogP contribution is 2.47. The molecular weight excluding hydrogens is 218 g/mol. The standard InChI is InChI=1S/C14H18ClN/c1-9-2-3-10(7-14(9)15)13-6-11(13)8-16-12-4-5-12/h2-3,7,11-13,16H,4-6,8H2,1H3. The summed E-state index contributed by atoms with van der Waals surface area (Å²) in [6, 6.07) is 7.37. The van der Waals surface area contributed by atoms with E-state index in [1.54, 1.807) is 0 Å². The van der Waals surface area contributed by atoms with Crippen LogP contribution in [0.15, 0.2) is 18.2 Å². The van der Waals surface area contributed by atoms with Crippen molar-refractivity contribution in [1.29, 1.82) is 0 Å². The zero-order valence-corrected chi connectivity index (χ0v) is 10.4. The topological polar surface area (TPSA) is 12.0 Å². The van der Waals surface area contributed by atoms with E-state index in [0.717, 1.165) is 22.9 Å². The fourth-order valence-corrected chi connectivity index (χ4v) is 2.52. The molecule has 1 aromatic rings. The zero-order valence-electron chi connectivity index (χ0n) is 9.67. The van der Waals surface area contributed by atoms with Crippen molar-refractivity contribution in [1.82, 2.24) is 5.32 Å². The van der Waals surface area contributed by atoms with Crippen LogP contribution < -0.4 is 5.32 Å². The molecule has 2 unspecified atom stereocenters. The van der Waals surface area contributed by atoms with Crippen molar-refractivity contribution in [2.75, 3.05) is 6.54 Å². The first-order valence-electron chi connectivity index (χ1n) is 6.23. The van der Waals surface area contributed by atoms with Crippen molar-refractivity contribution in [3.63, 3.8) is 0 Å². The highest BCUT2D eigenvalue weighted by molar-refractivity contribution is 6.31. The maximum atomic E-state index is 6.16. The molecule has 86 valence electrons. The Labute approximate surface area is 102 Å². The van der Waals surface area contributed by atoms with Crippen molar-refractivity contribution in [3.8, 4) is 0 Å². The lowest BCUT2D eigenvalue weighted by molar-refractivity contribution is 0.624. The summed E-state index contributed by atoms with van der Waals surface area (Å²) in [7, 11) is 0. The lowest BCUT2D eigenvalue weighted by Gasteiger charge is -2.04. The molecule has 16 heavy (non-hydrogen) atoms. The minimum atomic E-state index is 0.754. The summed E-state index contributed by atoms with van der Waals surface area (Å²) < 4.78 is 0. The molecule has 0 radical (unpaired) electrons. The van der Waals surface area contributed by atoms with E-state index in [2.05, 4.69) is 30.4 Å². The molecule has 0 amide bonds. The van der Waals surface area contributed by atoms with Crippen LogP contribution in [-0.4, -0.2) is 12.6 Å². The number of hydrogen-bond donors (Lipinski definition) is 1. The molecule has 2 fully saturated rings. The second-order valence-corrected chi connectivity index (χ2v) is 5.70. The van der Waals surface area contributed by atoms with Gasteiger partial charge < -0.3 is 5.32 Å². The van der Waals surface area contributed by atoms with E-state index in [1.165, 1.54) is 36.9 Å². The maximum Gasteiger partial charge on any atom is 0.0438 e. The second-order valence-electron chi connectivity index (χ2n) is 5.29. The van der Waals surface area contributed by atoms with Gasteiger partial charge in [0, 0.05) is 11.1 Å². The Kier molecular flexibility index (Phi) is 2.68. The average molecular weight is 236 g/mol. The van der Waals surface area contributed by atoms with Crippen LogP contribution in [0, 0.1) is 12.8 Å². The van der Waals surface area contributed by atoms with Gasteiger partial charge in [-0.3, -0.25) is 0 Å². The third-order valence-corrected chi connectivity index (χ3v) is 4.20. The molecule has 2 saturated carbocycles. The smallest absolute Gasteiger partial charge is 0.0438 e. The molecule has 1 N–H and O–H groups in total. The Morgan fingerprint density at radius 1 is 1.38 bits per heavy atom. The molecule has 0 aliphatic heterocycles. The third-order valence-electron chi connectivity index (χ3n) is 3.79. The van der Waals surface area contributed by atoms with E-state index in [9.17, 15) is 0 Å². The van der Waals surface area contributed by atoms with Gasteiger partial charge in [-0.15, -0.1) is 0 Å². The third kappa shape index (κ3) is 2.26. The molecule has 2 aliphatic carbocycles. The summed E-state index contributed by atoms with van der Waals surface area (Å²) in [5.74, 6) is 1.60. The summed E-state index contributed by atoms with van der Waals surface area (Å²) in [4.78, 5) is 0. The predicted octanol–water partition coefficient (Wildman–Crippen LogP) is 3.50. The Hall–Kier alpha value is -0.530. The van der Waals surface area contributed by atoms with E-state index < -0.39 is 0 Å². The number of hydrogen-bond acceptors (Lipinski definition) is 1. The first kappa shape index (κ1) is 10.6. The van der Waals surface area contributed by atoms with E-state index in [-0.39, 0.29) is 0 Å². The van der Waals surface area contributed by atoms with Crippen LogP contribution >= 0.6 is 11.6 Å². The van der Waals surface area contributed by atoms with Crippen LogP contribution in [0.5, 0.6) is 0 Å². The Bertz CT molecular complexity index is 398. The van der Waals surface area contributed by atoms with Crippen molar-refractivity contribution in [3.05, 3.63) is 34.3 Å². The van der Waals surface area contributed by atoms with Crippen molar-refractivity contribution >= 4 is 11.6 Å². The predicted molar refractivity (Wildman–Crippen MR) is 68.1 cm³/mol. The summed E-state index contributed by atoms with van der Waals surface area (Å²) in [5, 5.41) is 4.53. The molecule has 0 aromatic heterocycles. The summed E-state index contributed by atoms with van der Waals surface area (Å²) in [6.07, 6.45) is 4.10. The van der Waals surface area contributed by atoms with Crippen molar-refractivity contribution in [2.45, 2.75) is 38.1 Å².